The molecule has 0 unspecified atom stereocenters. The first-order chi connectivity index (χ1) is 13.6. The second kappa shape index (κ2) is 11.1. The zero-order valence-electron chi connectivity index (χ0n) is 15.3. The summed E-state index contributed by atoms with van der Waals surface area (Å²) in [6.45, 7) is 0.763. The molecule has 0 aliphatic heterocycles. The molecule has 0 aliphatic carbocycles. The maximum atomic E-state index is 9.50. The molecule has 0 spiro atoms. The van der Waals surface area contributed by atoms with Crippen LogP contribution in [-0.4, -0.2) is 56.5 Å². The van der Waals surface area contributed by atoms with Crippen molar-refractivity contribution in [2.24, 2.45) is 0 Å². The Morgan fingerprint density at radius 1 is 1.21 bits per heavy atom. The first-order valence-corrected chi connectivity index (χ1v) is 10.2. The second-order valence-electron chi connectivity index (χ2n) is 5.18. The third-order valence-electron chi connectivity index (χ3n) is 3.41. The van der Waals surface area contributed by atoms with E-state index in [0.29, 0.717) is 36.5 Å². The molecule has 0 atom stereocenters. The van der Waals surface area contributed by atoms with Crippen LogP contribution in [0.25, 0.3) is 11.2 Å². The zero-order valence-corrected chi connectivity index (χ0v) is 17.0. The molecule has 0 saturated carbocycles. The number of halogens is 1. The number of ether oxygens (including phenoxy) is 2. The van der Waals surface area contributed by atoms with E-state index in [4.69, 9.17) is 25.0 Å². The average Bonchev–Trinajstić information content (AvgIpc) is 3.10. The van der Waals surface area contributed by atoms with Gasteiger partial charge < -0.3 is 29.6 Å². The van der Waals surface area contributed by atoms with Crippen molar-refractivity contribution in [3.05, 3.63) is 30.6 Å². The molecule has 2 aromatic heterocycles. The number of anilines is 1. The van der Waals surface area contributed by atoms with Gasteiger partial charge in [0.2, 0.25) is 5.95 Å². The first-order valence-electron chi connectivity index (χ1n) is 7.98. The minimum absolute atomic E-state index is 0.0857. The molecular weight excluding hydrogens is 408 g/mol. The lowest BCUT2D eigenvalue weighted by Crippen LogP contribution is -2.07. The average molecular weight is 429 g/mol. The van der Waals surface area contributed by atoms with E-state index in [9.17, 15) is 4.39 Å². The lowest BCUT2D eigenvalue weighted by Gasteiger charge is -2.07. The van der Waals surface area contributed by atoms with Crippen LogP contribution in [0.3, 0.4) is 0 Å². The quantitative estimate of drug-likeness (QED) is 0.281. The highest BCUT2D eigenvalue weighted by Gasteiger charge is 2.14. The van der Waals surface area contributed by atoms with Gasteiger partial charge in [-0.15, -0.1) is 0 Å². The summed E-state index contributed by atoms with van der Waals surface area (Å²) in [4.78, 5) is 31.6. The third kappa shape index (κ3) is 5.98. The molecule has 2 heterocycles. The van der Waals surface area contributed by atoms with Crippen LogP contribution >= 0.6 is 20.1 Å². The Morgan fingerprint density at radius 2 is 1.93 bits per heavy atom. The van der Waals surface area contributed by atoms with Crippen molar-refractivity contribution < 1.29 is 23.7 Å². The largest absolute Gasteiger partial charge is 0.497 e. The molecule has 0 saturated heterocycles. The van der Waals surface area contributed by atoms with Crippen LogP contribution in [0.4, 0.5) is 10.3 Å². The highest BCUT2D eigenvalue weighted by Crippen LogP contribution is 2.32. The van der Waals surface area contributed by atoms with E-state index >= 15 is 0 Å². The monoisotopic (exact) mass is 429 g/mol. The van der Waals surface area contributed by atoms with Crippen molar-refractivity contribution in [1.82, 2.24) is 19.5 Å². The number of nitrogens with zero attached hydrogens (tertiary/aromatic N) is 4. The van der Waals surface area contributed by atoms with Gasteiger partial charge in [-0.1, -0.05) is 11.8 Å². The van der Waals surface area contributed by atoms with Crippen LogP contribution in [0.15, 0.2) is 40.5 Å². The number of rotatable bonds is 8. The predicted octanol–water partition coefficient (Wildman–Crippen LogP) is 2.42. The summed E-state index contributed by atoms with van der Waals surface area (Å²) >= 11 is 1.44. The summed E-state index contributed by atoms with van der Waals surface area (Å²) in [6, 6.07) is 7.61. The molecule has 12 heteroatoms. The molecule has 0 aliphatic rings. The number of hydrogen-bond acceptors (Lipinski definition) is 9. The second-order valence-corrected chi connectivity index (χ2v) is 7.25. The van der Waals surface area contributed by atoms with E-state index in [1.54, 1.807) is 18.0 Å². The predicted molar refractivity (Wildman–Crippen MR) is 106 cm³/mol. The number of nitrogen functional groups attached to an aromatic ring is 1. The Kier molecular flexibility index (Phi) is 8.81. The normalized spacial score (nSPS) is 10.8. The lowest BCUT2D eigenvalue weighted by molar-refractivity contribution is 0.159. The fourth-order valence-corrected chi connectivity index (χ4v) is 3.40. The van der Waals surface area contributed by atoms with Crippen molar-refractivity contribution in [3.63, 3.8) is 0 Å². The lowest BCUT2D eigenvalue weighted by atomic mass is 10.3. The molecule has 3 rings (SSSR count). The number of aromatic nitrogens is 4. The molecule has 4 N–H and O–H groups in total. The third-order valence-corrected chi connectivity index (χ3v) is 4.81. The number of nitrogens with two attached hydrogens (primary N) is 1. The van der Waals surface area contributed by atoms with Crippen LogP contribution in [0.5, 0.6) is 5.75 Å². The Labute approximate surface area is 166 Å². The Morgan fingerprint density at radius 3 is 2.57 bits per heavy atom. The van der Waals surface area contributed by atoms with Crippen LogP contribution in [0.1, 0.15) is 0 Å². The summed E-state index contributed by atoms with van der Waals surface area (Å²) < 4.78 is 21.6. The van der Waals surface area contributed by atoms with Crippen molar-refractivity contribution in [1.29, 1.82) is 0 Å². The Hall–Kier alpha value is -2.04. The van der Waals surface area contributed by atoms with Gasteiger partial charge in [0.15, 0.2) is 14.0 Å². The molecule has 0 amide bonds. The van der Waals surface area contributed by atoms with E-state index in [1.807, 2.05) is 24.3 Å². The van der Waals surface area contributed by atoms with Crippen molar-refractivity contribution >= 4 is 37.2 Å². The van der Waals surface area contributed by atoms with Crippen LogP contribution in [-0.2, 0) is 11.3 Å². The molecule has 9 nitrogen and oxygen atoms in total. The van der Waals surface area contributed by atoms with Crippen molar-refractivity contribution in [2.45, 2.75) is 16.5 Å². The number of alkyl halides is 1. The molecule has 1 aromatic carbocycles. The maximum absolute atomic E-state index is 9.50. The molecule has 0 radical (unpaired) electrons. The molecular formula is C16H21FN5O4PS. The van der Waals surface area contributed by atoms with Gasteiger partial charge in [-0.05, 0) is 24.3 Å². The van der Waals surface area contributed by atoms with E-state index in [-0.39, 0.29) is 12.3 Å². The fraction of sp³-hybridized carbons (Fsp3) is 0.312. The summed E-state index contributed by atoms with van der Waals surface area (Å²) in [5.41, 5.74) is 7.10. The standard InChI is InChI=1S/C15H18N5O4PS.CH3F/c1-23-10-2-4-11(5-3-10)26-14-12-13(18-15(16)19-14)20(8-17-12)6-7-24-9-25(21)22;1-2/h2-5,8,21-22H,6-7,9H2,1H3,(H2,16,18,19);1H3. The number of benzene rings is 1. The van der Waals surface area contributed by atoms with Crippen LogP contribution in [0, 0.1) is 0 Å². The van der Waals surface area contributed by atoms with Gasteiger partial charge in [0.05, 0.1) is 27.2 Å². The summed E-state index contributed by atoms with van der Waals surface area (Å²) in [5.74, 6) is 0.936. The number of hydrogen-bond donors (Lipinski definition) is 3. The fourth-order valence-electron chi connectivity index (χ4n) is 2.23. The zero-order chi connectivity index (χ0) is 20.5. The highest BCUT2D eigenvalue weighted by molar-refractivity contribution is 7.99. The van der Waals surface area contributed by atoms with E-state index in [1.165, 1.54) is 11.8 Å². The van der Waals surface area contributed by atoms with Crippen molar-refractivity contribution in [2.75, 3.05) is 33.0 Å². The summed E-state index contributed by atoms with van der Waals surface area (Å²) in [7, 11) is 0.0689. The molecule has 28 heavy (non-hydrogen) atoms. The number of methoxy groups -OCH3 is 1. The van der Waals surface area contributed by atoms with E-state index < -0.39 is 8.38 Å². The smallest absolute Gasteiger partial charge is 0.223 e. The number of fused-ring (bicyclic) bond motifs is 1. The summed E-state index contributed by atoms with van der Waals surface area (Å²) in [6.07, 6.45) is 1.55. The van der Waals surface area contributed by atoms with Crippen LogP contribution in [0.2, 0.25) is 0 Å². The molecule has 0 bridgehead atoms. The first kappa shape index (κ1) is 22.3. The van der Waals surface area contributed by atoms with Gasteiger partial charge in [-0.2, -0.15) is 4.98 Å². The van der Waals surface area contributed by atoms with Crippen molar-refractivity contribution in [3.8, 4) is 5.75 Å². The van der Waals surface area contributed by atoms with E-state index in [0.717, 1.165) is 10.6 Å². The minimum atomic E-state index is -2.05. The minimum Gasteiger partial charge on any atom is -0.497 e. The van der Waals surface area contributed by atoms with Crippen LogP contribution < -0.4 is 10.5 Å². The maximum Gasteiger partial charge on any atom is 0.223 e. The van der Waals surface area contributed by atoms with Gasteiger partial charge in [0.1, 0.15) is 22.6 Å². The van der Waals surface area contributed by atoms with E-state index in [2.05, 4.69) is 15.0 Å². The van der Waals surface area contributed by atoms with Gasteiger partial charge in [-0.3, -0.25) is 4.39 Å². The molecule has 0 fully saturated rings. The Bertz CT molecular complexity index is 881. The van der Waals surface area contributed by atoms with Gasteiger partial charge >= 0.3 is 0 Å². The highest BCUT2D eigenvalue weighted by atomic mass is 32.2. The molecule has 152 valence electrons. The summed E-state index contributed by atoms with van der Waals surface area (Å²) in [5, 5.41) is 0.659. The van der Waals surface area contributed by atoms with Gasteiger partial charge in [0, 0.05) is 11.4 Å². The topological polar surface area (TPSA) is 129 Å². The molecule has 3 aromatic rings. The number of imidazole rings is 1. The van der Waals surface area contributed by atoms with Gasteiger partial charge in [0.25, 0.3) is 0 Å². The van der Waals surface area contributed by atoms with Gasteiger partial charge in [-0.25, -0.2) is 9.97 Å². The Balaban J connectivity index is 0.00000136. The SMILES string of the molecule is CF.COc1ccc(Sc2nc(N)nc3c2ncn3CCOCP(O)O)cc1.